The second-order valence-corrected chi connectivity index (χ2v) is 6.95. The van der Waals surface area contributed by atoms with E-state index in [2.05, 4.69) is 30.8 Å². The van der Waals surface area contributed by atoms with E-state index >= 15 is 0 Å². The van der Waals surface area contributed by atoms with Crippen LogP contribution in [0.15, 0.2) is 30.7 Å². The molecular weight excluding hydrogens is 330 g/mol. The van der Waals surface area contributed by atoms with E-state index in [-0.39, 0.29) is 6.10 Å². The predicted octanol–water partition coefficient (Wildman–Crippen LogP) is 1.52. The number of hydrogen-bond acceptors (Lipinski definition) is 6. The number of aryl methyl sites for hydroxylation is 1. The van der Waals surface area contributed by atoms with Crippen LogP contribution >= 0.6 is 0 Å². The van der Waals surface area contributed by atoms with Crippen LogP contribution in [-0.2, 0) is 23.1 Å². The Morgan fingerprint density at radius 1 is 1.19 bits per heavy atom. The summed E-state index contributed by atoms with van der Waals surface area (Å²) in [6.07, 6.45) is 6.83. The number of imidazole rings is 1. The molecule has 2 fully saturated rings. The highest BCUT2D eigenvalue weighted by molar-refractivity contribution is 5.47. The third kappa shape index (κ3) is 3.75. The van der Waals surface area contributed by atoms with Crippen LogP contribution in [-0.4, -0.2) is 54.0 Å². The molecule has 7 nitrogen and oxygen atoms in total. The maximum atomic E-state index is 5.95. The molecule has 7 heteroatoms. The summed E-state index contributed by atoms with van der Waals surface area (Å²) in [6.45, 7) is 5.88. The quantitative estimate of drug-likeness (QED) is 0.846. The molecule has 26 heavy (non-hydrogen) atoms. The van der Waals surface area contributed by atoms with Crippen molar-refractivity contribution in [2.75, 3.05) is 44.4 Å². The minimum atomic E-state index is 0.0788. The summed E-state index contributed by atoms with van der Waals surface area (Å²) < 4.78 is 13.5. The fraction of sp³-hybridized carbons (Fsp3) is 0.579. The first-order valence-electron chi connectivity index (χ1n) is 9.39. The molecule has 4 rings (SSSR count). The highest BCUT2D eigenvalue weighted by atomic mass is 16.5. The molecule has 4 heterocycles. The van der Waals surface area contributed by atoms with Crippen LogP contribution in [0, 0.1) is 5.92 Å². The van der Waals surface area contributed by atoms with Gasteiger partial charge in [-0.3, -0.25) is 0 Å². The molecule has 0 aliphatic carbocycles. The monoisotopic (exact) mass is 357 g/mol. The standard InChI is InChI=1S/C19H27N5O2/c1-23-7-6-22-19(23)17-15(4-10-26-17)13-20-14-16-3-2-5-21-18(16)24-8-11-25-12-9-24/h2-3,5-7,15,17,20H,4,8-14H2,1H3/t15-,17+/m0/s1. The molecule has 2 aromatic heterocycles. The molecular formula is C19H27N5O2. The third-order valence-electron chi connectivity index (χ3n) is 5.23. The summed E-state index contributed by atoms with van der Waals surface area (Å²) in [5.74, 6) is 2.54. The van der Waals surface area contributed by atoms with Crippen LogP contribution in [0.3, 0.4) is 0 Å². The van der Waals surface area contributed by atoms with Gasteiger partial charge in [0.1, 0.15) is 17.7 Å². The minimum absolute atomic E-state index is 0.0788. The smallest absolute Gasteiger partial charge is 0.137 e. The van der Waals surface area contributed by atoms with Crippen molar-refractivity contribution in [2.45, 2.75) is 19.1 Å². The minimum Gasteiger partial charge on any atom is -0.378 e. The molecule has 0 unspecified atom stereocenters. The van der Waals surface area contributed by atoms with Crippen LogP contribution in [0.4, 0.5) is 5.82 Å². The lowest BCUT2D eigenvalue weighted by Gasteiger charge is -2.29. The Hall–Kier alpha value is -1.96. The van der Waals surface area contributed by atoms with Crippen molar-refractivity contribution in [2.24, 2.45) is 13.0 Å². The predicted molar refractivity (Wildman–Crippen MR) is 99.0 cm³/mol. The number of hydrogen-bond donors (Lipinski definition) is 1. The molecule has 2 aliphatic rings. The zero-order valence-electron chi connectivity index (χ0n) is 15.3. The van der Waals surface area contributed by atoms with Gasteiger partial charge in [0.2, 0.25) is 0 Å². The van der Waals surface area contributed by atoms with Gasteiger partial charge in [-0.25, -0.2) is 9.97 Å². The molecule has 0 aromatic carbocycles. The van der Waals surface area contributed by atoms with E-state index in [9.17, 15) is 0 Å². The second-order valence-electron chi connectivity index (χ2n) is 6.95. The average molecular weight is 357 g/mol. The molecule has 2 aliphatic heterocycles. The van der Waals surface area contributed by atoms with E-state index in [0.717, 1.165) is 64.1 Å². The fourth-order valence-corrected chi connectivity index (χ4v) is 3.80. The topological polar surface area (TPSA) is 64.4 Å². The Morgan fingerprint density at radius 3 is 2.88 bits per heavy atom. The van der Waals surface area contributed by atoms with Crippen molar-refractivity contribution >= 4 is 5.82 Å². The van der Waals surface area contributed by atoms with Crippen LogP contribution in [0.25, 0.3) is 0 Å². The van der Waals surface area contributed by atoms with E-state index in [0.29, 0.717) is 5.92 Å². The maximum absolute atomic E-state index is 5.95. The van der Waals surface area contributed by atoms with Gasteiger partial charge in [-0.2, -0.15) is 0 Å². The van der Waals surface area contributed by atoms with Gasteiger partial charge in [0.15, 0.2) is 0 Å². The molecule has 2 atom stereocenters. The van der Waals surface area contributed by atoms with E-state index in [1.807, 2.05) is 31.7 Å². The van der Waals surface area contributed by atoms with Gasteiger partial charge < -0.3 is 24.3 Å². The van der Waals surface area contributed by atoms with Gasteiger partial charge in [-0.1, -0.05) is 6.07 Å². The summed E-state index contributed by atoms with van der Waals surface area (Å²) in [7, 11) is 2.03. The molecule has 0 radical (unpaired) electrons. The number of aromatic nitrogens is 3. The van der Waals surface area contributed by atoms with Crippen molar-refractivity contribution in [3.05, 3.63) is 42.1 Å². The summed E-state index contributed by atoms with van der Waals surface area (Å²) >= 11 is 0. The first-order chi connectivity index (χ1) is 12.8. The van der Waals surface area contributed by atoms with Crippen LogP contribution in [0.1, 0.15) is 23.9 Å². The van der Waals surface area contributed by atoms with Gasteiger partial charge in [0.25, 0.3) is 0 Å². The van der Waals surface area contributed by atoms with E-state index in [1.165, 1.54) is 5.56 Å². The van der Waals surface area contributed by atoms with Crippen molar-refractivity contribution in [1.82, 2.24) is 19.9 Å². The van der Waals surface area contributed by atoms with Crippen molar-refractivity contribution < 1.29 is 9.47 Å². The molecule has 2 saturated heterocycles. The molecule has 0 saturated carbocycles. The average Bonchev–Trinajstić information content (AvgIpc) is 3.31. The first kappa shape index (κ1) is 17.5. The number of rotatable bonds is 6. The summed E-state index contributed by atoms with van der Waals surface area (Å²) in [5, 5.41) is 3.62. The van der Waals surface area contributed by atoms with E-state index in [4.69, 9.17) is 9.47 Å². The molecule has 2 aromatic rings. The number of ether oxygens (including phenoxy) is 2. The lowest BCUT2D eigenvalue weighted by atomic mass is 10.0. The first-order valence-corrected chi connectivity index (χ1v) is 9.39. The zero-order valence-corrected chi connectivity index (χ0v) is 15.3. The van der Waals surface area contributed by atoms with Crippen LogP contribution in [0.5, 0.6) is 0 Å². The molecule has 140 valence electrons. The summed E-state index contributed by atoms with van der Waals surface area (Å²) in [5.41, 5.74) is 1.24. The normalized spacial score (nSPS) is 23.5. The van der Waals surface area contributed by atoms with Crippen molar-refractivity contribution in [1.29, 1.82) is 0 Å². The molecule has 0 amide bonds. The Kier molecular flexibility index (Phi) is 5.48. The number of morpholine rings is 1. The van der Waals surface area contributed by atoms with Crippen molar-refractivity contribution in [3.8, 4) is 0 Å². The molecule has 1 N–H and O–H groups in total. The highest BCUT2D eigenvalue weighted by Gasteiger charge is 2.32. The van der Waals surface area contributed by atoms with Crippen LogP contribution in [0.2, 0.25) is 0 Å². The Bertz CT molecular complexity index is 713. The number of nitrogens with zero attached hydrogens (tertiary/aromatic N) is 4. The zero-order chi connectivity index (χ0) is 17.8. The van der Waals surface area contributed by atoms with Crippen molar-refractivity contribution in [3.63, 3.8) is 0 Å². The Labute approximate surface area is 154 Å². The Balaban J connectivity index is 1.37. The van der Waals surface area contributed by atoms with E-state index < -0.39 is 0 Å². The maximum Gasteiger partial charge on any atom is 0.137 e. The van der Waals surface area contributed by atoms with E-state index in [1.54, 1.807) is 0 Å². The van der Waals surface area contributed by atoms with Gasteiger partial charge in [0.05, 0.1) is 13.2 Å². The van der Waals surface area contributed by atoms with Gasteiger partial charge in [-0.05, 0) is 12.5 Å². The third-order valence-corrected chi connectivity index (χ3v) is 5.23. The summed E-state index contributed by atoms with van der Waals surface area (Å²) in [6, 6.07) is 4.17. The number of anilines is 1. The number of pyridine rings is 1. The molecule has 0 spiro atoms. The highest BCUT2D eigenvalue weighted by Crippen LogP contribution is 2.33. The Morgan fingerprint density at radius 2 is 2.08 bits per heavy atom. The second kappa shape index (κ2) is 8.16. The lowest BCUT2D eigenvalue weighted by Crippen LogP contribution is -2.37. The van der Waals surface area contributed by atoms with Gasteiger partial charge >= 0.3 is 0 Å². The fourth-order valence-electron chi connectivity index (χ4n) is 3.80. The number of nitrogens with one attached hydrogen (secondary N) is 1. The summed E-state index contributed by atoms with van der Waals surface area (Å²) in [4.78, 5) is 11.4. The lowest BCUT2D eigenvalue weighted by molar-refractivity contribution is 0.0811. The van der Waals surface area contributed by atoms with Gasteiger partial charge in [-0.15, -0.1) is 0 Å². The SMILES string of the molecule is Cn1ccnc1[C@@H]1OCC[C@H]1CNCc1cccnc1N1CCOCC1. The van der Waals surface area contributed by atoms with Crippen LogP contribution < -0.4 is 10.2 Å². The largest absolute Gasteiger partial charge is 0.378 e. The van der Waals surface area contributed by atoms with Gasteiger partial charge in [0, 0.05) is 69.9 Å². The molecule has 0 bridgehead atoms.